The Kier molecular flexibility index (Phi) is 3.43. The number of fused-ring (bicyclic) bond motifs is 1. The van der Waals surface area contributed by atoms with Crippen LogP contribution in [0.2, 0.25) is 0 Å². The molecule has 0 aromatic heterocycles. The normalized spacial score (nSPS) is 10.4. The molecule has 2 aromatic carbocycles. The predicted octanol–water partition coefficient (Wildman–Crippen LogP) is 3.16. The van der Waals surface area contributed by atoms with E-state index in [0.29, 0.717) is 6.42 Å². The first-order valence-corrected chi connectivity index (χ1v) is 6.02. The Morgan fingerprint density at radius 3 is 2.69 bits per heavy atom. The van der Waals surface area contributed by atoms with Crippen molar-refractivity contribution >= 4 is 39.3 Å². The van der Waals surface area contributed by atoms with E-state index in [9.17, 15) is 4.79 Å². The van der Waals surface area contributed by atoms with E-state index >= 15 is 0 Å². The van der Waals surface area contributed by atoms with E-state index in [-0.39, 0.29) is 5.97 Å². The van der Waals surface area contributed by atoms with E-state index in [1.807, 2.05) is 18.2 Å². The van der Waals surface area contributed by atoms with Crippen LogP contribution in [-0.4, -0.2) is 13.1 Å². The van der Waals surface area contributed by atoms with Crippen molar-refractivity contribution in [2.45, 2.75) is 6.42 Å². The predicted molar refractivity (Wildman–Crippen MR) is 72.4 cm³/mol. The van der Waals surface area contributed by atoms with Crippen LogP contribution in [0.1, 0.15) is 5.56 Å². The Morgan fingerprint density at radius 1 is 1.19 bits per heavy atom. The quantitative estimate of drug-likeness (QED) is 0.626. The van der Waals surface area contributed by atoms with E-state index in [1.54, 1.807) is 0 Å². The third-order valence-corrected chi connectivity index (χ3v) is 3.11. The number of esters is 1. The molecule has 3 heteroatoms. The molecule has 16 heavy (non-hydrogen) atoms. The summed E-state index contributed by atoms with van der Waals surface area (Å²) in [5.41, 5.74) is 0.987. The molecule has 2 rings (SSSR count). The number of hydrogen-bond acceptors (Lipinski definition) is 2. The highest BCUT2D eigenvalue weighted by molar-refractivity contribution is 14.1. The molecule has 0 saturated carbocycles. The van der Waals surface area contributed by atoms with Gasteiger partial charge in [-0.15, -0.1) is 0 Å². The minimum Gasteiger partial charge on any atom is -0.469 e. The maximum Gasteiger partial charge on any atom is 0.309 e. The molecule has 0 spiro atoms. The average Bonchev–Trinajstić information content (AvgIpc) is 2.28. The van der Waals surface area contributed by atoms with E-state index < -0.39 is 0 Å². The third-order valence-electron chi connectivity index (χ3n) is 2.44. The van der Waals surface area contributed by atoms with Crippen molar-refractivity contribution in [3.63, 3.8) is 0 Å². The van der Waals surface area contributed by atoms with Crippen LogP contribution in [0.5, 0.6) is 0 Å². The fraction of sp³-hybridized carbons (Fsp3) is 0.154. The van der Waals surface area contributed by atoms with Crippen molar-refractivity contribution in [2.75, 3.05) is 7.11 Å². The molecule has 0 aliphatic heterocycles. The zero-order chi connectivity index (χ0) is 11.5. The molecular formula is C13H11IO2. The standard InChI is InChI=1S/C13H11IO2/c1-16-13(15)7-9-2-3-10-4-5-12(14)8-11(10)6-9/h2-6,8H,7H2,1H3. The Morgan fingerprint density at radius 2 is 1.94 bits per heavy atom. The van der Waals surface area contributed by atoms with Crippen LogP contribution in [0.3, 0.4) is 0 Å². The lowest BCUT2D eigenvalue weighted by molar-refractivity contribution is -0.139. The summed E-state index contributed by atoms with van der Waals surface area (Å²) in [6.45, 7) is 0. The number of hydrogen-bond donors (Lipinski definition) is 0. The van der Waals surface area contributed by atoms with Crippen molar-refractivity contribution in [3.05, 3.63) is 45.5 Å². The van der Waals surface area contributed by atoms with Crippen LogP contribution in [-0.2, 0) is 16.0 Å². The highest BCUT2D eigenvalue weighted by Crippen LogP contribution is 2.19. The number of benzene rings is 2. The van der Waals surface area contributed by atoms with Crippen molar-refractivity contribution in [2.24, 2.45) is 0 Å². The zero-order valence-electron chi connectivity index (χ0n) is 8.87. The lowest BCUT2D eigenvalue weighted by Crippen LogP contribution is -2.04. The minimum absolute atomic E-state index is 0.204. The van der Waals surface area contributed by atoms with Gasteiger partial charge in [0.05, 0.1) is 13.5 Å². The summed E-state index contributed by atoms with van der Waals surface area (Å²) < 4.78 is 5.84. The van der Waals surface area contributed by atoms with Crippen LogP contribution in [0.15, 0.2) is 36.4 Å². The molecular weight excluding hydrogens is 315 g/mol. The van der Waals surface area contributed by atoms with Gasteiger partial charge in [-0.1, -0.05) is 24.3 Å². The van der Waals surface area contributed by atoms with Crippen LogP contribution < -0.4 is 0 Å². The van der Waals surface area contributed by atoms with E-state index in [2.05, 4.69) is 45.5 Å². The molecule has 2 aromatic rings. The van der Waals surface area contributed by atoms with E-state index in [4.69, 9.17) is 0 Å². The van der Waals surface area contributed by atoms with E-state index in [0.717, 1.165) is 10.9 Å². The first kappa shape index (κ1) is 11.4. The molecule has 0 bridgehead atoms. The first-order chi connectivity index (χ1) is 7.69. The van der Waals surface area contributed by atoms with E-state index in [1.165, 1.54) is 16.1 Å². The van der Waals surface area contributed by atoms with Crippen LogP contribution in [0.25, 0.3) is 10.8 Å². The van der Waals surface area contributed by atoms with Gasteiger partial charge < -0.3 is 4.74 Å². The van der Waals surface area contributed by atoms with Gasteiger partial charge in [0.1, 0.15) is 0 Å². The summed E-state index contributed by atoms with van der Waals surface area (Å²) in [4.78, 5) is 11.2. The number of ether oxygens (including phenoxy) is 1. The molecule has 0 saturated heterocycles. The van der Waals surface area contributed by atoms with Crippen molar-refractivity contribution in [1.82, 2.24) is 0 Å². The summed E-state index contributed by atoms with van der Waals surface area (Å²) in [5, 5.41) is 2.35. The fourth-order valence-corrected chi connectivity index (χ4v) is 2.13. The second-order valence-corrected chi connectivity index (χ2v) is 4.82. The van der Waals surface area contributed by atoms with Gasteiger partial charge in [0.2, 0.25) is 0 Å². The maximum atomic E-state index is 11.2. The second-order valence-electron chi connectivity index (χ2n) is 3.58. The van der Waals surface area contributed by atoms with Gasteiger partial charge in [0.25, 0.3) is 0 Å². The molecule has 0 atom stereocenters. The monoisotopic (exact) mass is 326 g/mol. The number of carbonyl (C=O) groups is 1. The molecule has 0 aliphatic carbocycles. The third kappa shape index (κ3) is 2.52. The van der Waals surface area contributed by atoms with Crippen LogP contribution in [0, 0.1) is 3.57 Å². The lowest BCUT2D eigenvalue weighted by Gasteiger charge is -2.03. The number of methoxy groups -OCH3 is 1. The first-order valence-electron chi connectivity index (χ1n) is 4.94. The van der Waals surface area contributed by atoms with Gasteiger partial charge in [-0.05, 0) is 51.1 Å². The number of rotatable bonds is 2. The Balaban J connectivity index is 2.39. The van der Waals surface area contributed by atoms with Gasteiger partial charge in [-0.2, -0.15) is 0 Å². The molecule has 0 radical (unpaired) electrons. The molecule has 0 fully saturated rings. The van der Waals surface area contributed by atoms with Gasteiger partial charge >= 0.3 is 5.97 Å². The molecule has 82 valence electrons. The summed E-state index contributed by atoms with van der Waals surface area (Å²) in [6, 6.07) is 12.3. The van der Waals surface area contributed by atoms with Crippen molar-refractivity contribution in [1.29, 1.82) is 0 Å². The van der Waals surface area contributed by atoms with Gasteiger partial charge in [-0.25, -0.2) is 0 Å². The van der Waals surface area contributed by atoms with Crippen LogP contribution in [0.4, 0.5) is 0 Å². The molecule has 2 nitrogen and oxygen atoms in total. The maximum absolute atomic E-state index is 11.2. The average molecular weight is 326 g/mol. The minimum atomic E-state index is -0.204. The fourth-order valence-electron chi connectivity index (χ4n) is 1.62. The highest BCUT2D eigenvalue weighted by atomic mass is 127. The van der Waals surface area contributed by atoms with Crippen LogP contribution >= 0.6 is 22.6 Å². The lowest BCUT2D eigenvalue weighted by atomic mass is 10.1. The molecule has 0 N–H and O–H groups in total. The number of halogens is 1. The SMILES string of the molecule is COC(=O)Cc1ccc2ccc(I)cc2c1. The summed E-state index contributed by atoms with van der Waals surface area (Å²) in [5.74, 6) is -0.204. The van der Waals surface area contributed by atoms with Crippen molar-refractivity contribution < 1.29 is 9.53 Å². The highest BCUT2D eigenvalue weighted by Gasteiger charge is 2.03. The summed E-state index contributed by atoms with van der Waals surface area (Å²) >= 11 is 2.28. The van der Waals surface area contributed by atoms with Gasteiger partial charge in [0.15, 0.2) is 0 Å². The molecule has 0 aliphatic rings. The topological polar surface area (TPSA) is 26.3 Å². The Bertz CT molecular complexity index is 534. The molecule has 0 unspecified atom stereocenters. The second kappa shape index (κ2) is 4.82. The largest absolute Gasteiger partial charge is 0.469 e. The summed E-state index contributed by atoms with van der Waals surface area (Å²) in [6.07, 6.45) is 0.331. The Hall–Kier alpha value is -1.10. The number of carbonyl (C=O) groups excluding carboxylic acids is 1. The van der Waals surface area contributed by atoms with Gasteiger partial charge in [0, 0.05) is 3.57 Å². The molecule has 0 amide bonds. The smallest absolute Gasteiger partial charge is 0.309 e. The zero-order valence-corrected chi connectivity index (χ0v) is 11.0. The molecule has 0 heterocycles. The summed E-state index contributed by atoms with van der Waals surface area (Å²) in [7, 11) is 1.41. The Labute approximate surface area is 108 Å². The van der Waals surface area contributed by atoms with Crippen molar-refractivity contribution in [3.8, 4) is 0 Å². The van der Waals surface area contributed by atoms with Gasteiger partial charge in [-0.3, -0.25) is 4.79 Å².